The number of carbonyl (C=O) groups excluding carboxylic acids is 2. The lowest BCUT2D eigenvalue weighted by atomic mass is 10.2. The number of amides is 2. The highest BCUT2D eigenvalue weighted by Gasteiger charge is 2.12. The zero-order valence-corrected chi connectivity index (χ0v) is 17.0. The van der Waals surface area contributed by atoms with Crippen molar-refractivity contribution in [3.8, 4) is 5.69 Å². The van der Waals surface area contributed by atoms with Gasteiger partial charge in [-0.2, -0.15) is 9.78 Å². The van der Waals surface area contributed by atoms with E-state index in [9.17, 15) is 18.8 Å². The lowest BCUT2D eigenvalue weighted by molar-refractivity contribution is 0.102. The van der Waals surface area contributed by atoms with Crippen LogP contribution in [0.5, 0.6) is 0 Å². The lowest BCUT2D eigenvalue weighted by Gasteiger charge is -2.11. The van der Waals surface area contributed by atoms with Crippen molar-refractivity contribution in [3.05, 3.63) is 82.5 Å². The van der Waals surface area contributed by atoms with Crippen molar-refractivity contribution in [3.63, 3.8) is 0 Å². The number of halogens is 1. The van der Waals surface area contributed by atoms with Crippen molar-refractivity contribution in [2.45, 2.75) is 13.8 Å². The summed E-state index contributed by atoms with van der Waals surface area (Å²) in [4.78, 5) is 36.5. The summed E-state index contributed by atoms with van der Waals surface area (Å²) >= 11 is 0. The molecule has 31 heavy (non-hydrogen) atoms. The van der Waals surface area contributed by atoms with Crippen molar-refractivity contribution < 1.29 is 18.7 Å². The van der Waals surface area contributed by atoms with Gasteiger partial charge in [0.05, 0.1) is 12.3 Å². The van der Waals surface area contributed by atoms with Crippen LogP contribution in [0.15, 0.2) is 65.5 Å². The third-order valence-corrected chi connectivity index (χ3v) is 4.02. The van der Waals surface area contributed by atoms with Crippen molar-refractivity contribution in [1.82, 2.24) is 9.78 Å². The van der Waals surface area contributed by atoms with Crippen molar-refractivity contribution in [2.75, 3.05) is 17.2 Å². The fourth-order valence-electron chi connectivity index (χ4n) is 2.57. The summed E-state index contributed by atoms with van der Waals surface area (Å²) in [5, 5.41) is 9.31. The Bertz CT molecular complexity index is 1140. The molecule has 0 saturated heterocycles. The molecule has 2 aromatic carbocycles. The summed E-state index contributed by atoms with van der Waals surface area (Å²) in [7, 11) is 0. The van der Waals surface area contributed by atoms with Crippen molar-refractivity contribution >= 4 is 23.4 Å². The Morgan fingerprint density at radius 1 is 1.03 bits per heavy atom. The van der Waals surface area contributed by atoms with Gasteiger partial charge in [-0.05, 0) is 54.4 Å². The van der Waals surface area contributed by atoms with Crippen molar-refractivity contribution in [1.29, 1.82) is 0 Å². The maximum Gasteiger partial charge on any atom is 0.411 e. The van der Waals surface area contributed by atoms with Gasteiger partial charge >= 0.3 is 6.09 Å². The summed E-state index contributed by atoms with van der Waals surface area (Å²) in [6, 6.07) is 14.2. The molecule has 0 unspecified atom stereocenters. The van der Waals surface area contributed by atoms with Crippen LogP contribution in [0.4, 0.5) is 20.6 Å². The maximum absolute atomic E-state index is 13.1. The number of nitrogens with one attached hydrogen (secondary N) is 2. The minimum absolute atomic E-state index is 0.0152. The van der Waals surface area contributed by atoms with Crippen LogP contribution in [-0.2, 0) is 4.74 Å². The predicted octanol–water partition coefficient (Wildman–Crippen LogP) is 3.83. The van der Waals surface area contributed by atoms with Gasteiger partial charge in [-0.1, -0.05) is 19.9 Å². The first-order valence-corrected chi connectivity index (χ1v) is 9.53. The number of aromatic nitrogens is 2. The van der Waals surface area contributed by atoms with Gasteiger partial charge in [0.25, 0.3) is 11.5 Å². The molecule has 0 fully saturated rings. The van der Waals surface area contributed by atoms with Gasteiger partial charge < -0.3 is 10.1 Å². The molecular weight excluding hydrogens is 403 g/mol. The van der Waals surface area contributed by atoms with Crippen LogP contribution in [0.3, 0.4) is 0 Å². The van der Waals surface area contributed by atoms with Gasteiger partial charge in [0.15, 0.2) is 0 Å². The van der Waals surface area contributed by atoms with Gasteiger partial charge in [0.2, 0.25) is 0 Å². The van der Waals surface area contributed by atoms with Gasteiger partial charge in [-0.15, -0.1) is 0 Å². The highest BCUT2D eigenvalue weighted by Crippen LogP contribution is 2.16. The number of nitrogens with zero attached hydrogens (tertiary/aromatic N) is 2. The second-order valence-corrected chi connectivity index (χ2v) is 7.10. The topological polar surface area (TPSA) is 102 Å². The number of hydrogen-bond donors (Lipinski definition) is 2. The second kappa shape index (κ2) is 9.66. The fraction of sp³-hybridized carbons (Fsp3) is 0.182. The molecule has 1 aromatic heterocycles. The van der Waals surface area contributed by atoms with E-state index in [2.05, 4.69) is 15.7 Å². The van der Waals surface area contributed by atoms with Gasteiger partial charge in [0, 0.05) is 17.4 Å². The molecule has 0 atom stereocenters. The van der Waals surface area contributed by atoms with E-state index >= 15 is 0 Å². The van der Waals surface area contributed by atoms with Crippen LogP contribution >= 0.6 is 0 Å². The molecule has 3 rings (SSSR count). The number of carbonyl (C=O) groups is 2. The molecule has 0 aliphatic carbocycles. The molecule has 2 amide bonds. The monoisotopic (exact) mass is 424 g/mol. The molecular formula is C22H21FN4O4. The first kappa shape index (κ1) is 21.7. The van der Waals surface area contributed by atoms with E-state index in [1.807, 2.05) is 13.8 Å². The third kappa shape index (κ3) is 5.99. The Balaban J connectivity index is 1.73. The van der Waals surface area contributed by atoms with Crippen LogP contribution in [0.2, 0.25) is 0 Å². The lowest BCUT2D eigenvalue weighted by Crippen LogP contribution is -2.25. The fourth-order valence-corrected chi connectivity index (χ4v) is 2.57. The number of rotatable bonds is 6. The zero-order chi connectivity index (χ0) is 22.4. The first-order valence-electron chi connectivity index (χ1n) is 9.53. The quantitative estimate of drug-likeness (QED) is 0.626. The third-order valence-electron chi connectivity index (χ3n) is 4.02. The number of benzene rings is 2. The van der Waals surface area contributed by atoms with E-state index < -0.39 is 23.4 Å². The SMILES string of the molecule is CC(C)COC(=O)Nc1cccc(NC(=O)c2ccc(=O)n(-c3ccc(F)cc3)n2)c1. The molecule has 0 saturated carbocycles. The average Bonchev–Trinajstić information content (AvgIpc) is 2.73. The summed E-state index contributed by atoms with van der Waals surface area (Å²) in [5.41, 5.74) is 0.698. The van der Waals surface area contributed by atoms with E-state index in [1.54, 1.807) is 24.3 Å². The Morgan fingerprint density at radius 2 is 1.71 bits per heavy atom. The van der Waals surface area contributed by atoms with Crippen LogP contribution in [0.1, 0.15) is 24.3 Å². The average molecular weight is 424 g/mol. The van der Waals surface area contributed by atoms with Crippen LogP contribution in [-0.4, -0.2) is 28.4 Å². The molecule has 1 heterocycles. The summed E-state index contributed by atoms with van der Waals surface area (Å²) < 4.78 is 19.2. The largest absolute Gasteiger partial charge is 0.449 e. The summed E-state index contributed by atoms with van der Waals surface area (Å²) in [6.45, 7) is 4.14. The minimum atomic E-state index is -0.592. The van der Waals surface area contributed by atoms with Gasteiger partial charge in [0.1, 0.15) is 11.5 Å². The normalized spacial score (nSPS) is 10.6. The van der Waals surface area contributed by atoms with E-state index in [-0.39, 0.29) is 18.2 Å². The summed E-state index contributed by atoms with van der Waals surface area (Å²) in [6.07, 6.45) is -0.592. The summed E-state index contributed by atoms with van der Waals surface area (Å²) in [5.74, 6) is -0.801. The Kier molecular flexibility index (Phi) is 6.76. The number of hydrogen-bond acceptors (Lipinski definition) is 5. The minimum Gasteiger partial charge on any atom is -0.449 e. The first-order chi connectivity index (χ1) is 14.8. The molecule has 8 nitrogen and oxygen atoms in total. The van der Waals surface area contributed by atoms with E-state index in [0.29, 0.717) is 17.1 Å². The Hall–Kier alpha value is -4.01. The molecule has 0 radical (unpaired) electrons. The van der Waals surface area contributed by atoms with Gasteiger partial charge in [-0.25, -0.2) is 9.18 Å². The highest BCUT2D eigenvalue weighted by atomic mass is 19.1. The number of ether oxygens (including phenoxy) is 1. The predicted molar refractivity (Wildman–Crippen MR) is 114 cm³/mol. The number of anilines is 2. The van der Waals surface area contributed by atoms with Crippen LogP contribution < -0.4 is 16.2 Å². The maximum atomic E-state index is 13.1. The molecule has 160 valence electrons. The van der Waals surface area contributed by atoms with E-state index in [1.165, 1.54) is 36.4 Å². The zero-order valence-electron chi connectivity index (χ0n) is 17.0. The molecule has 0 bridgehead atoms. The van der Waals surface area contributed by atoms with Crippen LogP contribution in [0.25, 0.3) is 5.69 Å². The van der Waals surface area contributed by atoms with E-state index in [4.69, 9.17) is 4.74 Å². The molecule has 9 heteroatoms. The molecule has 0 spiro atoms. The molecule has 3 aromatic rings. The molecule has 0 aliphatic heterocycles. The highest BCUT2D eigenvalue weighted by molar-refractivity contribution is 6.03. The molecule has 0 aliphatic rings. The Morgan fingerprint density at radius 3 is 2.39 bits per heavy atom. The molecule has 2 N–H and O–H groups in total. The second-order valence-electron chi connectivity index (χ2n) is 7.10. The van der Waals surface area contributed by atoms with Crippen molar-refractivity contribution in [2.24, 2.45) is 5.92 Å². The van der Waals surface area contributed by atoms with Crippen LogP contribution in [0, 0.1) is 11.7 Å². The standard InChI is InChI=1S/C22H21FN4O4/c1-14(2)13-31-22(30)25-17-5-3-4-16(12-17)24-21(29)19-10-11-20(28)27(26-19)18-8-6-15(23)7-9-18/h3-12,14H,13H2,1-2H3,(H,24,29)(H,25,30). The Labute approximate surface area is 177 Å². The van der Waals surface area contributed by atoms with Gasteiger partial charge in [-0.3, -0.25) is 14.9 Å². The smallest absolute Gasteiger partial charge is 0.411 e. The van der Waals surface area contributed by atoms with E-state index in [0.717, 1.165) is 4.68 Å².